The molecule has 0 radical (unpaired) electrons. The van der Waals surface area contributed by atoms with Crippen molar-refractivity contribution in [3.05, 3.63) is 169 Å². The zero-order valence-corrected chi connectivity index (χ0v) is 26.0. The minimum atomic E-state index is 0.726. The number of fused-ring (bicyclic) bond motifs is 3. The number of benzene rings is 7. The average molecular weight is 599 g/mol. The van der Waals surface area contributed by atoms with E-state index in [2.05, 4.69) is 134 Å². The number of hydrogen-bond donors (Lipinski definition) is 0. The molecule has 7 aromatic carbocycles. The number of nitrogens with zero attached hydrogens (tertiary/aromatic N) is 2. The Labute approximate surface area is 274 Å². The summed E-state index contributed by atoms with van der Waals surface area (Å²) >= 11 is 0. The van der Waals surface area contributed by atoms with Crippen LogP contribution in [0, 0.1) is 6.92 Å². The van der Waals surface area contributed by atoms with Gasteiger partial charge in [0.1, 0.15) is 0 Å². The Bertz CT molecular complexity index is 2360. The second kappa shape index (κ2) is 11.0. The predicted molar refractivity (Wildman–Crippen MR) is 196 cm³/mol. The summed E-state index contributed by atoms with van der Waals surface area (Å²) in [6.07, 6.45) is 0. The molecule has 0 saturated heterocycles. The topological polar surface area (TPSA) is 25.8 Å². The Morgan fingerprint density at radius 3 is 1.53 bits per heavy atom. The lowest BCUT2D eigenvalue weighted by Crippen LogP contribution is -1.95. The first-order valence-corrected chi connectivity index (χ1v) is 16.1. The van der Waals surface area contributed by atoms with Crippen LogP contribution in [0.3, 0.4) is 0 Å². The summed E-state index contributed by atoms with van der Waals surface area (Å²) in [6, 6.07) is 58.3. The van der Waals surface area contributed by atoms with Gasteiger partial charge in [0, 0.05) is 16.7 Å². The molecule has 0 amide bonds. The fourth-order valence-corrected chi connectivity index (χ4v) is 7.10. The van der Waals surface area contributed by atoms with Gasteiger partial charge in [-0.1, -0.05) is 158 Å². The third kappa shape index (κ3) is 4.65. The lowest BCUT2D eigenvalue weighted by molar-refractivity contribution is 1.18. The van der Waals surface area contributed by atoms with Gasteiger partial charge in [-0.25, -0.2) is 9.97 Å². The van der Waals surface area contributed by atoms with E-state index in [0.29, 0.717) is 0 Å². The van der Waals surface area contributed by atoms with E-state index in [1.807, 2.05) is 36.4 Å². The van der Waals surface area contributed by atoms with Gasteiger partial charge in [-0.15, -0.1) is 0 Å². The van der Waals surface area contributed by atoms with Crippen LogP contribution in [0.4, 0.5) is 0 Å². The van der Waals surface area contributed by atoms with Crippen LogP contribution in [0.2, 0.25) is 0 Å². The Morgan fingerprint density at radius 1 is 0.340 bits per heavy atom. The van der Waals surface area contributed by atoms with E-state index in [1.54, 1.807) is 0 Å². The van der Waals surface area contributed by atoms with Crippen LogP contribution in [0.5, 0.6) is 0 Å². The van der Waals surface area contributed by atoms with Crippen LogP contribution in [0.1, 0.15) is 5.56 Å². The fraction of sp³-hybridized carbons (Fsp3) is 0.0222. The Morgan fingerprint density at radius 2 is 0.851 bits per heavy atom. The Hall–Kier alpha value is -6.12. The van der Waals surface area contributed by atoms with Crippen molar-refractivity contribution in [3.63, 3.8) is 0 Å². The van der Waals surface area contributed by atoms with Gasteiger partial charge in [-0.2, -0.15) is 0 Å². The standard InChI is InChI=1S/C45H30N2/c1-29-27-34(36-25-26-41-38-16-9-8-15-37(38)40-18-10-17-39(36)44(40)41)23-24-35(29)30-19-21-32(22-20-30)43-28-42(31-11-4-2-5-12-31)46-45(47-43)33-13-6-3-7-14-33/h2-28H,1H3. The van der Waals surface area contributed by atoms with Gasteiger partial charge < -0.3 is 0 Å². The summed E-state index contributed by atoms with van der Waals surface area (Å²) in [5, 5.41) is 2.67. The SMILES string of the molecule is Cc1cc(-c2ccc3c4c(cccc24)-c2ccccc2-3)ccc1-c1ccc(-c2cc(-c3ccccc3)nc(-c3ccccc3)n2)cc1. The van der Waals surface area contributed by atoms with Gasteiger partial charge in [-0.3, -0.25) is 0 Å². The minimum Gasteiger partial charge on any atom is -0.228 e. The third-order valence-corrected chi connectivity index (χ3v) is 9.40. The van der Waals surface area contributed by atoms with Crippen LogP contribution in [-0.4, -0.2) is 9.97 Å². The maximum Gasteiger partial charge on any atom is 0.160 e. The highest BCUT2D eigenvalue weighted by atomic mass is 14.9. The van der Waals surface area contributed by atoms with Crippen LogP contribution >= 0.6 is 0 Å². The predicted octanol–water partition coefficient (Wildman–Crippen LogP) is 11.9. The summed E-state index contributed by atoms with van der Waals surface area (Å²) in [6.45, 7) is 2.21. The first kappa shape index (κ1) is 27.2. The molecule has 0 atom stereocenters. The van der Waals surface area contributed by atoms with Gasteiger partial charge in [0.25, 0.3) is 0 Å². The van der Waals surface area contributed by atoms with Crippen LogP contribution in [0.25, 0.3) is 89.2 Å². The molecule has 47 heavy (non-hydrogen) atoms. The molecule has 9 rings (SSSR count). The van der Waals surface area contributed by atoms with Crippen molar-refractivity contribution in [2.75, 3.05) is 0 Å². The largest absolute Gasteiger partial charge is 0.228 e. The fourth-order valence-electron chi connectivity index (χ4n) is 7.10. The number of aryl methyl sites for hydroxylation is 1. The smallest absolute Gasteiger partial charge is 0.160 e. The molecular weight excluding hydrogens is 569 g/mol. The second-order valence-corrected chi connectivity index (χ2v) is 12.2. The molecule has 0 aliphatic heterocycles. The van der Waals surface area contributed by atoms with E-state index < -0.39 is 0 Å². The van der Waals surface area contributed by atoms with E-state index in [9.17, 15) is 0 Å². The zero-order chi connectivity index (χ0) is 31.3. The summed E-state index contributed by atoms with van der Waals surface area (Å²) in [5.74, 6) is 0.726. The van der Waals surface area contributed by atoms with Crippen LogP contribution in [-0.2, 0) is 0 Å². The first-order chi connectivity index (χ1) is 23.2. The molecule has 0 bridgehead atoms. The third-order valence-electron chi connectivity index (χ3n) is 9.40. The van der Waals surface area contributed by atoms with Gasteiger partial charge >= 0.3 is 0 Å². The second-order valence-electron chi connectivity index (χ2n) is 12.2. The highest BCUT2D eigenvalue weighted by Crippen LogP contribution is 2.49. The maximum atomic E-state index is 5.01. The van der Waals surface area contributed by atoms with Crippen molar-refractivity contribution < 1.29 is 0 Å². The van der Waals surface area contributed by atoms with Crippen molar-refractivity contribution in [3.8, 4) is 78.4 Å². The summed E-state index contributed by atoms with van der Waals surface area (Å²) in [5.41, 5.74) is 16.5. The van der Waals surface area contributed by atoms with E-state index in [1.165, 1.54) is 60.8 Å². The van der Waals surface area contributed by atoms with E-state index in [0.717, 1.165) is 33.9 Å². The monoisotopic (exact) mass is 598 g/mol. The van der Waals surface area contributed by atoms with Crippen molar-refractivity contribution in [1.82, 2.24) is 9.97 Å². The quantitative estimate of drug-likeness (QED) is 0.197. The molecule has 0 N–H and O–H groups in total. The Kier molecular flexibility index (Phi) is 6.39. The van der Waals surface area contributed by atoms with Gasteiger partial charge in [-0.05, 0) is 73.8 Å². The molecule has 1 aliphatic rings. The van der Waals surface area contributed by atoms with Crippen molar-refractivity contribution in [2.45, 2.75) is 6.92 Å². The number of aromatic nitrogens is 2. The van der Waals surface area contributed by atoms with E-state index >= 15 is 0 Å². The maximum absolute atomic E-state index is 5.01. The molecule has 2 heteroatoms. The molecule has 0 unspecified atom stereocenters. The number of hydrogen-bond acceptors (Lipinski definition) is 2. The Balaban J connectivity index is 1.07. The number of rotatable bonds is 5. The lowest BCUT2D eigenvalue weighted by Gasteiger charge is -2.13. The molecule has 1 aliphatic carbocycles. The first-order valence-electron chi connectivity index (χ1n) is 16.1. The molecular formula is C45H30N2. The van der Waals surface area contributed by atoms with Crippen LogP contribution < -0.4 is 0 Å². The van der Waals surface area contributed by atoms with Crippen molar-refractivity contribution >= 4 is 10.8 Å². The molecule has 2 nitrogen and oxygen atoms in total. The summed E-state index contributed by atoms with van der Waals surface area (Å²) in [4.78, 5) is 9.95. The molecule has 0 saturated carbocycles. The molecule has 220 valence electrons. The highest BCUT2D eigenvalue weighted by molar-refractivity contribution is 6.18. The zero-order valence-electron chi connectivity index (χ0n) is 26.0. The van der Waals surface area contributed by atoms with Crippen molar-refractivity contribution in [2.24, 2.45) is 0 Å². The lowest BCUT2D eigenvalue weighted by atomic mass is 9.91. The van der Waals surface area contributed by atoms with Gasteiger partial charge in [0.2, 0.25) is 0 Å². The summed E-state index contributed by atoms with van der Waals surface area (Å²) < 4.78 is 0. The van der Waals surface area contributed by atoms with E-state index in [4.69, 9.17) is 9.97 Å². The average Bonchev–Trinajstić information content (AvgIpc) is 3.47. The van der Waals surface area contributed by atoms with Crippen molar-refractivity contribution in [1.29, 1.82) is 0 Å². The summed E-state index contributed by atoms with van der Waals surface area (Å²) in [7, 11) is 0. The molecule has 0 fully saturated rings. The van der Waals surface area contributed by atoms with Gasteiger partial charge in [0.05, 0.1) is 11.4 Å². The minimum absolute atomic E-state index is 0.726. The molecule has 0 spiro atoms. The highest BCUT2D eigenvalue weighted by Gasteiger charge is 2.22. The normalized spacial score (nSPS) is 11.5. The van der Waals surface area contributed by atoms with Gasteiger partial charge in [0.15, 0.2) is 5.82 Å². The van der Waals surface area contributed by atoms with Crippen LogP contribution in [0.15, 0.2) is 164 Å². The molecule has 1 heterocycles. The molecule has 8 aromatic rings. The van der Waals surface area contributed by atoms with E-state index in [-0.39, 0.29) is 0 Å². The molecule has 1 aromatic heterocycles.